The summed E-state index contributed by atoms with van der Waals surface area (Å²) in [6, 6.07) is 13.7. The second kappa shape index (κ2) is 10.8. The van der Waals surface area contributed by atoms with Crippen LogP contribution in [-0.2, 0) is 4.79 Å². The number of likely N-dealkylation sites (tertiary alicyclic amines) is 1. The molecule has 0 spiro atoms. The fourth-order valence-corrected chi connectivity index (χ4v) is 4.21. The number of hydrogen-bond donors (Lipinski definition) is 3. The summed E-state index contributed by atoms with van der Waals surface area (Å²) >= 11 is 0. The van der Waals surface area contributed by atoms with Crippen LogP contribution in [0.5, 0.6) is 0 Å². The average Bonchev–Trinajstić information content (AvgIpc) is 2.80. The number of hydrogen-bond acceptors (Lipinski definition) is 6. The maximum Gasteiger partial charge on any atom is 0.222 e. The number of amides is 1. The Hall–Kier alpha value is -3.55. The van der Waals surface area contributed by atoms with Crippen molar-refractivity contribution in [1.29, 1.82) is 10.8 Å². The highest BCUT2D eigenvalue weighted by molar-refractivity contribution is 6.00. The number of nitrogens with two attached hydrogens (primary N) is 1. The molecule has 8 nitrogen and oxygen atoms in total. The Kier molecular flexibility index (Phi) is 7.92. The van der Waals surface area contributed by atoms with E-state index >= 15 is 0 Å². The molecule has 1 fully saturated rings. The van der Waals surface area contributed by atoms with Gasteiger partial charge in [-0.3, -0.25) is 15.6 Å². The summed E-state index contributed by atoms with van der Waals surface area (Å²) in [5, 5.41) is 19.8. The number of rotatable bonds is 6. The summed E-state index contributed by atoms with van der Waals surface area (Å²) in [5.41, 5.74) is 9.74. The van der Waals surface area contributed by atoms with Crippen molar-refractivity contribution in [2.24, 2.45) is 10.7 Å². The highest BCUT2D eigenvalue weighted by Gasteiger charge is 2.24. The first-order valence-electron chi connectivity index (χ1n) is 11.3. The van der Waals surface area contributed by atoms with E-state index in [0.717, 1.165) is 31.5 Å². The minimum Gasteiger partial charge on any atom is -0.402 e. The molecule has 0 bridgehead atoms. The summed E-state index contributed by atoms with van der Waals surface area (Å²) in [6.45, 7) is 6.78. The number of aliphatic imine (C=N–C) groups is 1. The van der Waals surface area contributed by atoms with Crippen LogP contribution in [0.1, 0.15) is 57.9 Å². The zero-order valence-electron chi connectivity index (χ0n) is 19.6. The van der Waals surface area contributed by atoms with E-state index in [9.17, 15) is 4.79 Å². The van der Waals surface area contributed by atoms with Gasteiger partial charge < -0.3 is 10.6 Å². The van der Waals surface area contributed by atoms with Gasteiger partial charge in [0.2, 0.25) is 5.91 Å². The maximum atomic E-state index is 12.9. The first-order chi connectivity index (χ1) is 15.8. The molecule has 8 heteroatoms. The molecular formula is C25H33N7O. The molecule has 33 heavy (non-hydrogen) atoms. The standard InChI is InChI=1S/C25H33N7O/c1-17(26)22(18(2)29-24-11-10-23(28)32(30-24)19(3)27)9-12-25(33)31-15-13-21(14-16-31)20-7-5-4-6-8-20/h4-8,10-11,21,27-28H,9,12-16,26H2,1-3H3/b22-17-,27-19?,28-23?,29-18?. The summed E-state index contributed by atoms with van der Waals surface area (Å²) in [7, 11) is 0. The maximum absolute atomic E-state index is 12.9. The van der Waals surface area contributed by atoms with Crippen LogP contribution < -0.4 is 11.2 Å². The largest absolute Gasteiger partial charge is 0.402 e. The second-order valence-corrected chi connectivity index (χ2v) is 8.50. The first kappa shape index (κ1) is 24.1. The molecule has 0 radical (unpaired) electrons. The molecule has 1 aromatic carbocycles. The van der Waals surface area contributed by atoms with Gasteiger partial charge in [0.05, 0.1) is 0 Å². The summed E-state index contributed by atoms with van der Waals surface area (Å²) in [4.78, 5) is 19.4. The number of allylic oxidation sites excluding steroid dienone is 2. The summed E-state index contributed by atoms with van der Waals surface area (Å²) in [6.07, 6.45) is 2.86. The van der Waals surface area contributed by atoms with Crippen molar-refractivity contribution in [3.8, 4) is 0 Å². The molecule has 0 saturated carbocycles. The minimum absolute atomic E-state index is 0.117. The van der Waals surface area contributed by atoms with E-state index in [1.54, 1.807) is 19.1 Å². The molecule has 0 aliphatic carbocycles. The van der Waals surface area contributed by atoms with Gasteiger partial charge in [-0.05, 0) is 69.2 Å². The third kappa shape index (κ3) is 6.25. The lowest BCUT2D eigenvalue weighted by molar-refractivity contribution is -0.132. The van der Waals surface area contributed by atoms with Gasteiger partial charge in [0.15, 0.2) is 5.82 Å². The molecule has 1 amide bonds. The van der Waals surface area contributed by atoms with Crippen molar-refractivity contribution in [1.82, 2.24) is 14.7 Å². The van der Waals surface area contributed by atoms with Crippen LogP contribution in [0.25, 0.3) is 0 Å². The van der Waals surface area contributed by atoms with Gasteiger partial charge in [0.25, 0.3) is 0 Å². The van der Waals surface area contributed by atoms with Crippen molar-refractivity contribution in [2.45, 2.75) is 52.4 Å². The summed E-state index contributed by atoms with van der Waals surface area (Å²) < 4.78 is 1.22. The van der Waals surface area contributed by atoms with Gasteiger partial charge in [0.1, 0.15) is 11.3 Å². The highest BCUT2D eigenvalue weighted by Crippen LogP contribution is 2.28. The molecule has 2 aromatic rings. The molecular weight excluding hydrogens is 414 g/mol. The van der Waals surface area contributed by atoms with Crippen molar-refractivity contribution in [3.05, 3.63) is 64.8 Å². The van der Waals surface area contributed by atoms with Crippen LogP contribution in [0, 0.1) is 10.8 Å². The number of nitrogens with zero attached hydrogens (tertiary/aromatic N) is 4. The Bertz CT molecular complexity index is 1120. The van der Waals surface area contributed by atoms with Crippen LogP contribution in [0.4, 0.5) is 5.82 Å². The van der Waals surface area contributed by atoms with Crippen LogP contribution >= 0.6 is 0 Å². The number of nitrogens with one attached hydrogen (secondary N) is 2. The molecule has 1 aliphatic heterocycles. The Balaban J connectivity index is 1.62. The van der Waals surface area contributed by atoms with Gasteiger partial charge in [-0.15, -0.1) is 5.10 Å². The monoisotopic (exact) mass is 447 g/mol. The predicted molar refractivity (Wildman–Crippen MR) is 131 cm³/mol. The Morgan fingerprint density at radius 2 is 1.76 bits per heavy atom. The highest BCUT2D eigenvalue weighted by atomic mass is 16.2. The number of carbonyl (C=O) groups excluding carboxylic acids is 1. The molecule has 1 saturated heterocycles. The predicted octanol–water partition coefficient (Wildman–Crippen LogP) is 3.72. The van der Waals surface area contributed by atoms with E-state index in [0.29, 0.717) is 36.0 Å². The van der Waals surface area contributed by atoms with E-state index in [1.165, 1.54) is 10.2 Å². The van der Waals surface area contributed by atoms with Crippen molar-refractivity contribution in [2.75, 3.05) is 13.1 Å². The van der Waals surface area contributed by atoms with Gasteiger partial charge >= 0.3 is 0 Å². The van der Waals surface area contributed by atoms with Gasteiger partial charge in [-0.1, -0.05) is 30.3 Å². The van der Waals surface area contributed by atoms with Crippen LogP contribution in [0.3, 0.4) is 0 Å². The topological polar surface area (TPSA) is 124 Å². The third-order valence-corrected chi connectivity index (χ3v) is 6.04. The van der Waals surface area contributed by atoms with Crippen LogP contribution in [0.15, 0.2) is 58.7 Å². The average molecular weight is 448 g/mol. The molecule has 1 aliphatic rings. The number of carbonyl (C=O) groups is 1. The van der Waals surface area contributed by atoms with E-state index < -0.39 is 0 Å². The van der Waals surface area contributed by atoms with E-state index in [2.05, 4.69) is 34.4 Å². The number of piperidine rings is 1. The third-order valence-electron chi connectivity index (χ3n) is 6.04. The smallest absolute Gasteiger partial charge is 0.222 e. The van der Waals surface area contributed by atoms with Crippen molar-refractivity contribution in [3.63, 3.8) is 0 Å². The lowest BCUT2D eigenvalue weighted by atomic mass is 9.89. The fraction of sp³-hybridized carbons (Fsp3) is 0.400. The van der Waals surface area contributed by atoms with Crippen molar-refractivity contribution < 1.29 is 4.79 Å². The van der Waals surface area contributed by atoms with Gasteiger partial charge in [-0.25, -0.2) is 9.67 Å². The molecule has 4 N–H and O–H groups in total. The van der Waals surface area contributed by atoms with E-state index in [-0.39, 0.29) is 17.2 Å². The van der Waals surface area contributed by atoms with Gasteiger partial charge in [0, 0.05) is 30.9 Å². The molecule has 0 atom stereocenters. The molecule has 174 valence electrons. The van der Waals surface area contributed by atoms with E-state index in [1.807, 2.05) is 24.8 Å². The van der Waals surface area contributed by atoms with E-state index in [4.69, 9.17) is 16.6 Å². The molecule has 0 unspecified atom stereocenters. The number of benzene rings is 1. The Labute approximate surface area is 194 Å². The fourth-order valence-electron chi connectivity index (χ4n) is 4.21. The SMILES string of the molecule is CC(=N)n1nc(N=C(C)/C(CCC(=O)N2CCC(c3ccccc3)CC2)=C(/C)N)ccc1=N. The van der Waals surface area contributed by atoms with Gasteiger partial charge in [-0.2, -0.15) is 0 Å². The Morgan fingerprint density at radius 3 is 2.36 bits per heavy atom. The Morgan fingerprint density at radius 1 is 1.09 bits per heavy atom. The zero-order chi connectivity index (χ0) is 24.0. The van der Waals surface area contributed by atoms with Crippen molar-refractivity contribution >= 4 is 23.3 Å². The number of aromatic nitrogens is 2. The van der Waals surface area contributed by atoms with Crippen LogP contribution in [0.2, 0.25) is 0 Å². The van der Waals surface area contributed by atoms with Crippen LogP contribution in [-0.4, -0.2) is 45.2 Å². The normalized spacial score (nSPS) is 15.8. The molecule has 3 rings (SSSR count). The first-order valence-corrected chi connectivity index (χ1v) is 11.3. The zero-order valence-corrected chi connectivity index (χ0v) is 19.6. The quantitative estimate of drug-likeness (QED) is 0.462. The lowest BCUT2D eigenvalue weighted by Gasteiger charge is -2.32. The molecule has 1 aromatic heterocycles. The summed E-state index contributed by atoms with van der Waals surface area (Å²) in [5.74, 6) is 1.19. The lowest BCUT2D eigenvalue weighted by Crippen LogP contribution is -2.37. The second-order valence-electron chi connectivity index (χ2n) is 8.50. The molecule has 2 heterocycles. The minimum atomic E-state index is 0.117.